The van der Waals surface area contributed by atoms with E-state index in [-0.39, 0.29) is 6.10 Å². The molecule has 0 amide bonds. The van der Waals surface area contributed by atoms with Crippen LogP contribution in [-0.2, 0) is 4.74 Å². The van der Waals surface area contributed by atoms with Gasteiger partial charge >= 0.3 is 0 Å². The lowest BCUT2D eigenvalue weighted by molar-refractivity contribution is -0.0739. The second-order valence-corrected chi connectivity index (χ2v) is 5.87. The van der Waals surface area contributed by atoms with E-state index >= 15 is 0 Å². The molecule has 1 aromatic rings. The molecule has 19 heavy (non-hydrogen) atoms. The molecule has 1 aliphatic heterocycles. The first-order valence-electron chi connectivity index (χ1n) is 7.07. The van der Waals surface area contributed by atoms with Gasteiger partial charge < -0.3 is 10.1 Å². The van der Waals surface area contributed by atoms with Crippen molar-refractivity contribution in [1.82, 2.24) is 10.2 Å². The van der Waals surface area contributed by atoms with Crippen molar-refractivity contribution in [2.75, 3.05) is 26.7 Å². The zero-order valence-corrected chi connectivity index (χ0v) is 12.1. The fourth-order valence-electron chi connectivity index (χ4n) is 3.04. The molecule has 0 aromatic heterocycles. The number of halogens is 1. The van der Waals surface area contributed by atoms with Gasteiger partial charge in [0.15, 0.2) is 0 Å². The van der Waals surface area contributed by atoms with Gasteiger partial charge in [0.05, 0.1) is 18.8 Å². The SMILES string of the molecule is CNCC1OCCN(C2CC2)C1c1cccc(Cl)c1. The minimum atomic E-state index is 0.206. The smallest absolute Gasteiger partial charge is 0.0896 e. The monoisotopic (exact) mass is 280 g/mol. The van der Waals surface area contributed by atoms with E-state index in [0.29, 0.717) is 6.04 Å². The first kappa shape index (κ1) is 13.4. The number of nitrogens with one attached hydrogen (secondary N) is 1. The average molecular weight is 281 g/mol. The van der Waals surface area contributed by atoms with Crippen LogP contribution in [0.15, 0.2) is 24.3 Å². The molecule has 4 heteroatoms. The highest BCUT2D eigenvalue weighted by Crippen LogP contribution is 2.39. The molecule has 2 fully saturated rings. The van der Waals surface area contributed by atoms with Crippen LogP contribution in [-0.4, -0.2) is 43.8 Å². The number of hydrogen-bond donors (Lipinski definition) is 1. The van der Waals surface area contributed by atoms with Crippen LogP contribution in [0.25, 0.3) is 0 Å². The Morgan fingerprint density at radius 2 is 2.26 bits per heavy atom. The van der Waals surface area contributed by atoms with Gasteiger partial charge in [0.2, 0.25) is 0 Å². The van der Waals surface area contributed by atoms with Crippen molar-refractivity contribution in [3.8, 4) is 0 Å². The van der Waals surface area contributed by atoms with Gasteiger partial charge in [-0.3, -0.25) is 4.90 Å². The van der Waals surface area contributed by atoms with Crippen molar-refractivity contribution in [3.63, 3.8) is 0 Å². The minimum absolute atomic E-state index is 0.206. The van der Waals surface area contributed by atoms with E-state index < -0.39 is 0 Å². The second-order valence-electron chi connectivity index (χ2n) is 5.44. The summed E-state index contributed by atoms with van der Waals surface area (Å²) in [5.74, 6) is 0. The maximum absolute atomic E-state index is 6.16. The molecule has 0 radical (unpaired) electrons. The largest absolute Gasteiger partial charge is 0.374 e. The summed E-state index contributed by atoms with van der Waals surface area (Å²) in [4.78, 5) is 2.61. The highest BCUT2D eigenvalue weighted by molar-refractivity contribution is 6.30. The van der Waals surface area contributed by atoms with E-state index in [9.17, 15) is 0 Å². The molecule has 1 N–H and O–H groups in total. The molecule has 1 aromatic carbocycles. The van der Waals surface area contributed by atoms with Gasteiger partial charge in [-0.05, 0) is 37.6 Å². The molecule has 2 atom stereocenters. The van der Waals surface area contributed by atoms with Gasteiger partial charge in [-0.2, -0.15) is 0 Å². The highest BCUT2D eigenvalue weighted by Gasteiger charge is 2.40. The molecule has 1 aliphatic carbocycles. The molecule has 1 saturated carbocycles. The number of hydrogen-bond acceptors (Lipinski definition) is 3. The molecule has 0 bridgehead atoms. The van der Waals surface area contributed by atoms with Crippen molar-refractivity contribution in [2.45, 2.75) is 31.0 Å². The van der Waals surface area contributed by atoms with Crippen molar-refractivity contribution in [2.24, 2.45) is 0 Å². The Hall–Kier alpha value is -0.610. The molecular weight excluding hydrogens is 260 g/mol. The van der Waals surface area contributed by atoms with Crippen LogP contribution >= 0.6 is 11.6 Å². The molecule has 104 valence electrons. The lowest BCUT2D eigenvalue weighted by Crippen LogP contribution is -2.49. The zero-order chi connectivity index (χ0) is 13.2. The maximum atomic E-state index is 6.16. The van der Waals surface area contributed by atoms with Gasteiger partial charge in [-0.1, -0.05) is 23.7 Å². The Morgan fingerprint density at radius 3 is 2.95 bits per heavy atom. The van der Waals surface area contributed by atoms with Crippen LogP contribution in [0.1, 0.15) is 24.4 Å². The van der Waals surface area contributed by atoms with Crippen molar-refractivity contribution >= 4 is 11.6 Å². The molecule has 1 heterocycles. The predicted molar refractivity (Wildman–Crippen MR) is 77.6 cm³/mol. The van der Waals surface area contributed by atoms with Crippen molar-refractivity contribution in [3.05, 3.63) is 34.9 Å². The van der Waals surface area contributed by atoms with Gasteiger partial charge in [-0.15, -0.1) is 0 Å². The summed E-state index contributed by atoms with van der Waals surface area (Å²) >= 11 is 6.16. The van der Waals surface area contributed by atoms with Crippen LogP contribution in [0.5, 0.6) is 0 Å². The first-order valence-corrected chi connectivity index (χ1v) is 7.45. The lowest BCUT2D eigenvalue weighted by atomic mass is 9.97. The van der Waals surface area contributed by atoms with Gasteiger partial charge in [0.1, 0.15) is 0 Å². The Morgan fingerprint density at radius 1 is 1.42 bits per heavy atom. The van der Waals surface area contributed by atoms with E-state index in [1.807, 2.05) is 19.2 Å². The number of nitrogens with zero attached hydrogens (tertiary/aromatic N) is 1. The molecule has 3 nitrogen and oxygen atoms in total. The lowest BCUT2D eigenvalue weighted by Gasteiger charge is -2.42. The molecule has 2 aliphatic rings. The van der Waals surface area contributed by atoms with Crippen LogP contribution in [0.4, 0.5) is 0 Å². The summed E-state index contributed by atoms with van der Waals surface area (Å²) in [6.45, 7) is 2.74. The molecule has 1 saturated heterocycles. The van der Waals surface area contributed by atoms with Crippen LogP contribution in [0.3, 0.4) is 0 Å². The summed E-state index contributed by atoms with van der Waals surface area (Å²) < 4.78 is 5.99. The van der Waals surface area contributed by atoms with E-state index in [1.54, 1.807) is 0 Å². The van der Waals surface area contributed by atoms with Gasteiger partial charge in [-0.25, -0.2) is 0 Å². The number of likely N-dealkylation sites (N-methyl/N-ethyl adjacent to an activating group) is 1. The minimum Gasteiger partial charge on any atom is -0.374 e. The van der Waals surface area contributed by atoms with Gasteiger partial charge in [0, 0.05) is 24.2 Å². The summed E-state index contributed by atoms with van der Waals surface area (Å²) in [7, 11) is 1.98. The standard InChI is InChI=1S/C15H21ClN2O/c1-17-10-14-15(11-3-2-4-12(16)9-11)18(7-8-19-14)13-5-6-13/h2-4,9,13-15,17H,5-8,10H2,1H3. The van der Waals surface area contributed by atoms with Crippen LogP contribution < -0.4 is 5.32 Å². The fraction of sp³-hybridized carbons (Fsp3) is 0.600. The Bertz CT molecular complexity index is 434. The van der Waals surface area contributed by atoms with E-state index in [0.717, 1.165) is 30.8 Å². The number of ether oxygens (including phenoxy) is 1. The Kier molecular flexibility index (Phi) is 4.08. The molecule has 2 unspecified atom stereocenters. The summed E-state index contributed by atoms with van der Waals surface area (Å²) in [5, 5.41) is 4.05. The van der Waals surface area contributed by atoms with E-state index in [2.05, 4.69) is 22.3 Å². The molecular formula is C15H21ClN2O. The Balaban J connectivity index is 1.89. The predicted octanol–water partition coefficient (Wildman–Crippen LogP) is 2.46. The fourth-order valence-corrected chi connectivity index (χ4v) is 3.24. The summed E-state index contributed by atoms with van der Waals surface area (Å²) in [5.41, 5.74) is 1.28. The molecule has 0 spiro atoms. The maximum Gasteiger partial charge on any atom is 0.0896 e. The summed E-state index contributed by atoms with van der Waals surface area (Å²) in [6.07, 6.45) is 2.85. The van der Waals surface area contributed by atoms with Crippen LogP contribution in [0, 0.1) is 0 Å². The third-order valence-corrected chi connectivity index (χ3v) is 4.24. The summed E-state index contributed by atoms with van der Waals surface area (Å²) in [6, 6.07) is 9.29. The number of morpholine rings is 1. The van der Waals surface area contributed by atoms with Crippen molar-refractivity contribution < 1.29 is 4.74 Å². The highest BCUT2D eigenvalue weighted by atomic mass is 35.5. The zero-order valence-electron chi connectivity index (χ0n) is 11.3. The number of benzene rings is 1. The normalized spacial score (nSPS) is 28.5. The third-order valence-electron chi connectivity index (χ3n) is 4.00. The van der Waals surface area contributed by atoms with Crippen LogP contribution in [0.2, 0.25) is 5.02 Å². The van der Waals surface area contributed by atoms with Crippen molar-refractivity contribution in [1.29, 1.82) is 0 Å². The second kappa shape index (κ2) is 5.80. The first-order chi connectivity index (χ1) is 9.29. The molecule has 3 rings (SSSR count). The average Bonchev–Trinajstić information content (AvgIpc) is 3.23. The Labute approximate surface area is 119 Å². The van der Waals surface area contributed by atoms with Gasteiger partial charge in [0.25, 0.3) is 0 Å². The quantitative estimate of drug-likeness (QED) is 0.917. The third kappa shape index (κ3) is 2.95. The van der Waals surface area contributed by atoms with E-state index in [1.165, 1.54) is 18.4 Å². The number of rotatable bonds is 4. The topological polar surface area (TPSA) is 24.5 Å². The van der Waals surface area contributed by atoms with E-state index in [4.69, 9.17) is 16.3 Å².